The maximum absolute atomic E-state index is 14.5. The Hall–Kier alpha value is -7.53. The number of pyridine rings is 1. The van der Waals surface area contributed by atoms with Gasteiger partial charge in [-0.2, -0.15) is 26.3 Å². The van der Waals surface area contributed by atoms with Crippen LogP contribution in [0.15, 0.2) is 152 Å². The second-order valence-corrected chi connectivity index (χ2v) is 15.9. The average Bonchev–Trinajstić information content (AvgIpc) is 3.98. The second-order valence-electron chi connectivity index (χ2n) is 15.9. The number of nitrogens with zero attached hydrogens (tertiary/aromatic N) is 5. The van der Waals surface area contributed by atoms with E-state index in [4.69, 9.17) is 4.98 Å². The van der Waals surface area contributed by atoms with Gasteiger partial charge in [0.15, 0.2) is 0 Å². The molecule has 62 heavy (non-hydrogen) atoms. The van der Waals surface area contributed by atoms with Crippen LogP contribution in [0, 0.1) is 0 Å². The zero-order chi connectivity index (χ0) is 42.4. The van der Waals surface area contributed by atoms with E-state index >= 15 is 0 Å². The molecule has 0 N–H and O–H groups in total. The van der Waals surface area contributed by atoms with Gasteiger partial charge in [0.1, 0.15) is 11.6 Å². The van der Waals surface area contributed by atoms with Crippen LogP contribution in [0.4, 0.5) is 26.3 Å². The van der Waals surface area contributed by atoms with Gasteiger partial charge in [-0.3, -0.25) is 9.13 Å². The quantitative estimate of drug-likeness (QED) is 0.163. The largest absolute Gasteiger partial charge is 0.416 e. The average molecular weight is 828 g/mol. The molecule has 12 aromatic rings. The molecule has 11 heteroatoms. The lowest BCUT2D eigenvalue weighted by molar-refractivity contribution is -0.143. The third-order valence-corrected chi connectivity index (χ3v) is 12.6. The van der Waals surface area contributed by atoms with E-state index in [1.165, 1.54) is 0 Å². The Labute approximate surface area is 347 Å². The molecule has 0 aliphatic heterocycles. The topological polar surface area (TPSA) is 32.6 Å². The Morgan fingerprint density at radius 1 is 0.371 bits per heavy atom. The summed E-state index contributed by atoms with van der Waals surface area (Å²) in [4.78, 5) is 5.44. The summed E-state index contributed by atoms with van der Waals surface area (Å²) in [6, 6.07) is 45.1. The Balaban J connectivity index is 1.28. The highest BCUT2D eigenvalue weighted by Gasteiger charge is 2.37. The number of aryl methyl sites for hydroxylation is 2. The molecular weight excluding hydrogens is 797 g/mol. The summed E-state index contributed by atoms with van der Waals surface area (Å²) in [6.45, 7) is 0. The summed E-state index contributed by atoms with van der Waals surface area (Å²) in [6.07, 6.45) is -10.1. The molecule has 12 rings (SSSR count). The number of rotatable bonds is 3. The lowest BCUT2D eigenvalue weighted by Gasteiger charge is -2.17. The summed E-state index contributed by atoms with van der Waals surface area (Å²) in [7, 11) is 4.01. The lowest BCUT2D eigenvalue weighted by atomic mass is 9.99. The first kappa shape index (κ1) is 36.3. The van der Waals surface area contributed by atoms with Crippen LogP contribution in [-0.4, -0.2) is 23.3 Å². The molecule has 5 nitrogen and oxygen atoms in total. The summed E-state index contributed by atoms with van der Waals surface area (Å²) < 4.78 is 95.4. The van der Waals surface area contributed by atoms with Crippen molar-refractivity contribution in [2.45, 2.75) is 12.4 Å². The molecule has 0 fully saturated rings. The standard InChI is InChI=1S/C51H31F6N5/c1-59-38-15-7-5-13-36(38)46-42(59)21-19-34-32-11-3-9-17-40(32)61(48(34)46)44-25-29(28-23-30(50(52,53)54)27-31(24-28)51(55,56)57)26-45(58-44)62-41-18-10-4-12-33(41)35-20-22-43-47(49(35)62)37-14-6-8-16-39(37)60(43)2/h3-27H,1-2H3. The van der Waals surface area contributed by atoms with Crippen LogP contribution < -0.4 is 0 Å². The molecule has 5 aromatic heterocycles. The van der Waals surface area contributed by atoms with E-state index < -0.39 is 23.5 Å². The molecule has 7 aromatic carbocycles. The summed E-state index contributed by atoms with van der Waals surface area (Å²) in [5, 5.41) is 7.54. The van der Waals surface area contributed by atoms with Crippen molar-refractivity contribution in [2.24, 2.45) is 14.1 Å². The number of benzene rings is 7. The lowest BCUT2D eigenvalue weighted by Crippen LogP contribution is -2.11. The smallest absolute Gasteiger partial charge is 0.344 e. The second kappa shape index (κ2) is 12.5. The van der Waals surface area contributed by atoms with E-state index in [2.05, 4.69) is 45.5 Å². The van der Waals surface area contributed by atoms with Crippen molar-refractivity contribution in [1.82, 2.24) is 23.3 Å². The molecule has 0 unspecified atom stereocenters. The maximum atomic E-state index is 14.5. The van der Waals surface area contributed by atoms with Crippen LogP contribution in [0.1, 0.15) is 11.1 Å². The van der Waals surface area contributed by atoms with Crippen LogP contribution in [0.3, 0.4) is 0 Å². The van der Waals surface area contributed by atoms with E-state index in [1.54, 1.807) is 12.1 Å². The fourth-order valence-electron chi connectivity index (χ4n) is 9.89. The Bertz CT molecular complexity index is 3630. The summed E-state index contributed by atoms with van der Waals surface area (Å²) in [5.41, 5.74) is 4.18. The van der Waals surface area contributed by atoms with Crippen molar-refractivity contribution in [2.75, 3.05) is 0 Å². The van der Waals surface area contributed by atoms with E-state index in [0.29, 0.717) is 11.6 Å². The maximum Gasteiger partial charge on any atom is 0.416 e. The highest BCUT2D eigenvalue weighted by Crippen LogP contribution is 2.45. The molecule has 0 radical (unpaired) electrons. The van der Waals surface area contributed by atoms with Crippen molar-refractivity contribution in [1.29, 1.82) is 0 Å². The number of halogens is 6. The molecule has 0 aliphatic carbocycles. The van der Waals surface area contributed by atoms with Crippen molar-refractivity contribution in [3.63, 3.8) is 0 Å². The van der Waals surface area contributed by atoms with Crippen molar-refractivity contribution in [3.8, 4) is 22.8 Å². The summed E-state index contributed by atoms with van der Waals surface area (Å²) in [5.74, 6) is 0.650. The zero-order valence-corrected chi connectivity index (χ0v) is 32.9. The van der Waals surface area contributed by atoms with Crippen molar-refractivity contribution in [3.05, 3.63) is 163 Å². The molecule has 0 atom stereocenters. The third-order valence-electron chi connectivity index (χ3n) is 12.6. The molecule has 0 saturated carbocycles. The minimum atomic E-state index is -5.05. The van der Waals surface area contributed by atoms with Gasteiger partial charge in [0.25, 0.3) is 0 Å². The van der Waals surface area contributed by atoms with Crippen LogP contribution in [-0.2, 0) is 26.4 Å². The number of alkyl halides is 6. The Morgan fingerprint density at radius 2 is 0.742 bits per heavy atom. The Morgan fingerprint density at radius 3 is 1.16 bits per heavy atom. The summed E-state index contributed by atoms with van der Waals surface area (Å²) >= 11 is 0. The highest BCUT2D eigenvalue weighted by molar-refractivity contribution is 6.27. The van der Waals surface area contributed by atoms with Crippen LogP contribution in [0.2, 0.25) is 0 Å². The van der Waals surface area contributed by atoms with Crippen LogP contribution in [0.25, 0.3) is 110 Å². The first-order valence-electron chi connectivity index (χ1n) is 20.0. The van der Waals surface area contributed by atoms with E-state index in [1.807, 2.05) is 108 Å². The number of para-hydroxylation sites is 4. The van der Waals surface area contributed by atoms with Crippen molar-refractivity contribution < 1.29 is 26.3 Å². The highest BCUT2D eigenvalue weighted by atomic mass is 19.4. The fraction of sp³-hybridized carbons (Fsp3) is 0.0784. The van der Waals surface area contributed by atoms with E-state index in [9.17, 15) is 26.3 Å². The molecule has 0 aliphatic rings. The van der Waals surface area contributed by atoms with E-state index in [0.717, 1.165) is 99.4 Å². The van der Waals surface area contributed by atoms with Gasteiger partial charge in [0.2, 0.25) is 0 Å². The van der Waals surface area contributed by atoms with Gasteiger partial charge in [-0.1, -0.05) is 84.9 Å². The van der Waals surface area contributed by atoms with Crippen LogP contribution >= 0.6 is 0 Å². The van der Waals surface area contributed by atoms with Crippen LogP contribution in [0.5, 0.6) is 0 Å². The zero-order valence-electron chi connectivity index (χ0n) is 32.9. The number of hydrogen-bond donors (Lipinski definition) is 0. The monoisotopic (exact) mass is 827 g/mol. The van der Waals surface area contributed by atoms with Gasteiger partial charge < -0.3 is 9.13 Å². The van der Waals surface area contributed by atoms with Gasteiger partial charge in [0, 0.05) is 68.2 Å². The molecule has 302 valence electrons. The first-order chi connectivity index (χ1) is 29.9. The van der Waals surface area contributed by atoms with Gasteiger partial charge in [-0.15, -0.1) is 0 Å². The normalized spacial score (nSPS) is 12.8. The number of aromatic nitrogens is 5. The molecule has 5 heterocycles. The number of hydrogen-bond acceptors (Lipinski definition) is 1. The minimum Gasteiger partial charge on any atom is -0.344 e. The first-order valence-corrected chi connectivity index (χ1v) is 20.0. The van der Waals surface area contributed by atoms with Gasteiger partial charge in [-0.25, -0.2) is 4.98 Å². The molecule has 0 amide bonds. The van der Waals surface area contributed by atoms with Crippen molar-refractivity contribution >= 4 is 87.2 Å². The van der Waals surface area contributed by atoms with Gasteiger partial charge >= 0.3 is 12.4 Å². The molecular formula is C51H31F6N5. The van der Waals surface area contributed by atoms with Gasteiger partial charge in [-0.05, 0) is 77.9 Å². The predicted molar refractivity (Wildman–Crippen MR) is 236 cm³/mol. The SMILES string of the molecule is Cn1c2ccccc2c2c1ccc1c3ccccc3n(-c3cc(-c4cc(C(F)(F)F)cc(C(F)(F)F)c4)cc(-n4c5ccccc5c5ccc6c(c7ccccc7n6C)c54)n3)c12. The molecule has 0 bridgehead atoms. The third kappa shape index (κ3) is 5.02. The Kier molecular flexibility index (Phi) is 7.33. The predicted octanol–water partition coefficient (Wildman–Crippen LogP) is 14.3. The minimum absolute atomic E-state index is 0.133. The molecule has 0 spiro atoms. The van der Waals surface area contributed by atoms with E-state index in [-0.39, 0.29) is 17.2 Å². The fourth-order valence-corrected chi connectivity index (χ4v) is 9.89. The molecule has 0 saturated heterocycles. The van der Waals surface area contributed by atoms with Gasteiger partial charge in [0.05, 0.1) is 44.2 Å². The number of fused-ring (bicyclic) bond motifs is 14.